The number of nitrogens with zero attached hydrogens (tertiary/aromatic N) is 1. The molecule has 0 fully saturated rings. The van der Waals surface area contributed by atoms with Crippen molar-refractivity contribution in [2.45, 2.75) is 136 Å². The standard InChI is InChI=1S/C30H52N4O3/c1-3-4-5-6-9-13-16-19-29(36)34-26(2)30(37)32-22-17-14-11-8-7-10-12-15-18-28(35)33-25-27-20-23-31-24-21-27/h20-21,23-24,26H,3-19,22,25H2,1-2H3,(H,32,37)(H,33,35)(H,34,36)/t26-/m1/s1. The molecule has 7 heteroatoms. The molecule has 3 amide bonds. The molecule has 1 rings (SSSR count). The fraction of sp³-hybridized carbons (Fsp3) is 0.733. The quantitative estimate of drug-likeness (QED) is 0.156. The summed E-state index contributed by atoms with van der Waals surface area (Å²) in [7, 11) is 0. The lowest BCUT2D eigenvalue weighted by Crippen LogP contribution is -2.45. The number of unbranched alkanes of at least 4 members (excludes halogenated alkanes) is 13. The van der Waals surface area contributed by atoms with Gasteiger partial charge in [-0.15, -0.1) is 0 Å². The van der Waals surface area contributed by atoms with Crippen LogP contribution in [0, 0.1) is 0 Å². The number of rotatable bonds is 23. The Balaban J connectivity index is 1.88. The molecule has 0 aromatic carbocycles. The van der Waals surface area contributed by atoms with Gasteiger partial charge in [0, 0.05) is 38.3 Å². The number of nitrogens with one attached hydrogen (secondary N) is 3. The van der Waals surface area contributed by atoms with Gasteiger partial charge in [-0.25, -0.2) is 0 Å². The van der Waals surface area contributed by atoms with Gasteiger partial charge < -0.3 is 16.0 Å². The number of pyridine rings is 1. The van der Waals surface area contributed by atoms with Crippen LogP contribution in [0.1, 0.15) is 129 Å². The van der Waals surface area contributed by atoms with Crippen LogP contribution in [0.15, 0.2) is 24.5 Å². The lowest BCUT2D eigenvalue weighted by Gasteiger charge is -2.14. The minimum absolute atomic E-state index is 0.0261. The van der Waals surface area contributed by atoms with Gasteiger partial charge in [0.2, 0.25) is 17.7 Å². The van der Waals surface area contributed by atoms with Crippen LogP contribution in [0.4, 0.5) is 0 Å². The number of carbonyl (C=O) groups is 3. The third-order valence-corrected chi connectivity index (χ3v) is 6.65. The fourth-order valence-corrected chi connectivity index (χ4v) is 4.25. The van der Waals surface area contributed by atoms with Crippen LogP contribution in [0.2, 0.25) is 0 Å². The Morgan fingerprint density at radius 3 is 1.81 bits per heavy atom. The molecule has 3 N–H and O–H groups in total. The Labute approximate surface area is 225 Å². The summed E-state index contributed by atoms with van der Waals surface area (Å²) in [5.41, 5.74) is 1.07. The van der Waals surface area contributed by atoms with Gasteiger partial charge in [0.05, 0.1) is 0 Å². The highest BCUT2D eigenvalue weighted by Crippen LogP contribution is 2.10. The maximum absolute atomic E-state index is 12.2. The van der Waals surface area contributed by atoms with Gasteiger partial charge >= 0.3 is 0 Å². The topological polar surface area (TPSA) is 100 Å². The first-order valence-electron chi connectivity index (χ1n) is 14.8. The lowest BCUT2D eigenvalue weighted by atomic mass is 10.1. The van der Waals surface area contributed by atoms with Crippen LogP contribution in [-0.4, -0.2) is 35.3 Å². The summed E-state index contributed by atoms with van der Waals surface area (Å²) < 4.78 is 0. The van der Waals surface area contributed by atoms with E-state index >= 15 is 0 Å². The van der Waals surface area contributed by atoms with Crippen molar-refractivity contribution >= 4 is 17.7 Å². The Morgan fingerprint density at radius 2 is 1.22 bits per heavy atom. The van der Waals surface area contributed by atoms with Crippen LogP contribution >= 0.6 is 0 Å². The zero-order chi connectivity index (χ0) is 27.0. The summed E-state index contributed by atoms with van der Waals surface area (Å²) in [6.07, 6.45) is 21.6. The van der Waals surface area contributed by atoms with E-state index in [-0.39, 0.29) is 17.7 Å². The molecule has 37 heavy (non-hydrogen) atoms. The van der Waals surface area contributed by atoms with Crippen LogP contribution in [0.25, 0.3) is 0 Å². The molecule has 0 bridgehead atoms. The minimum atomic E-state index is -0.477. The zero-order valence-corrected chi connectivity index (χ0v) is 23.5. The number of aromatic nitrogens is 1. The monoisotopic (exact) mass is 516 g/mol. The average Bonchev–Trinajstić information content (AvgIpc) is 2.90. The molecule has 7 nitrogen and oxygen atoms in total. The second-order valence-corrected chi connectivity index (χ2v) is 10.2. The van der Waals surface area contributed by atoms with Crippen LogP contribution in [0.5, 0.6) is 0 Å². The Kier molecular flexibility index (Phi) is 20.0. The second-order valence-electron chi connectivity index (χ2n) is 10.2. The average molecular weight is 517 g/mol. The van der Waals surface area contributed by atoms with Crippen LogP contribution in [0.3, 0.4) is 0 Å². The molecule has 0 unspecified atom stereocenters. The highest BCUT2D eigenvalue weighted by atomic mass is 16.2. The molecule has 0 spiro atoms. The maximum atomic E-state index is 12.2. The number of hydrogen-bond acceptors (Lipinski definition) is 4. The zero-order valence-electron chi connectivity index (χ0n) is 23.5. The Bertz CT molecular complexity index is 727. The van der Waals surface area contributed by atoms with E-state index in [1.165, 1.54) is 44.9 Å². The first kappa shape index (κ1) is 32.6. The molecule has 0 radical (unpaired) electrons. The summed E-state index contributed by atoms with van der Waals surface area (Å²) in [5, 5.41) is 8.71. The van der Waals surface area contributed by atoms with Gasteiger partial charge in [0.1, 0.15) is 6.04 Å². The van der Waals surface area contributed by atoms with Crippen molar-refractivity contribution < 1.29 is 14.4 Å². The fourth-order valence-electron chi connectivity index (χ4n) is 4.25. The van der Waals surface area contributed by atoms with Crippen LogP contribution < -0.4 is 16.0 Å². The SMILES string of the molecule is CCCCCCCCCC(=O)N[C@H](C)C(=O)NCCCCCCCCCCC(=O)NCc1ccncc1. The predicted octanol–water partition coefficient (Wildman–Crippen LogP) is 5.97. The van der Waals surface area contributed by atoms with E-state index in [2.05, 4.69) is 27.9 Å². The van der Waals surface area contributed by atoms with Crippen molar-refractivity contribution in [3.63, 3.8) is 0 Å². The van der Waals surface area contributed by atoms with Gasteiger partial charge in [-0.05, 0) is 43.9 Å². The van der Waals surface area contributed by atoms with Crippen molar-refractivity contribution in [3.05, 3.63) is 30.1 Å². The number of carbonyl (C=O) groups excluding carboxylic acids is 3. The third-order valence-electron chi connectivity index (χ3n) is 6.65. The van der Waals surface area contributed by atoms with Gasteiger partial charge in [0.15, 0.2) is 0 Å². The molecule has 0 saturated carbocycles. The van der Waals surface area contributed by atoms with E-state index in [0.717, 1.165) is 56.9 Å². The molecule has 1 aromatic heterocycles. The Hall–Kier alpha value is -2.44. The van der Waals surface area contributed by atoms with E-state index in [4.69, 9.17) is 0 Å². The largest absolute Gasteiger partial charge is 0.354 e. The molecular weight excluding hydrogens is 464 g/mol. The first-order chi connectivity index (χ1) is 18.0. The van der Waals surface area contributed by atoms with E-state index in [9.17, 15) is 14.4 Å². The Morgan fingerprint density at radius 1 is 0.703 bits per heavy atom. The van der Waals surface area contributed by atoms with E-state index in [1.807, 2.05) is 12.1 Å². The number of amides is 3. The third kappa shape index (κ3) is 19.4. The smallest absolute Gasteiger partial charge is 0.242 e. The summed E-state index contributed by atoms with van der Waals surface area (Å²) >= 11 is 0. The molecule has 0 aliphatic carbocycles. The van der Waals surface area contributed by atoms with Crippen molar-refractivity contribution in [2.75, 3.05) is 6.54 Å². The van der Waals surface area contributed by atoms with E-state index in [1.54, 1.807) is 19.3 Å². The minimum Gasteiger partial charge on any atom is -0.354 e. The molecule has 1 atom stereocenters. The lowest BCUT2D eigenvalue weighted by molar-refractivity contribution is -0.128. The summed E-state index contributed by atoms with van der Waals surface area (Å²) in [5.74, 6) is -0.0135. The highest BCUT2D eigenvalue weighted by Gasteiger charge is 2.14. The summed E-state index contributed by atoms with van der Waals surface area (Å²) in [4.78, 5) is 40.1. The van der Waals surface area contributed by atoms with Crippen molar-refractivity contribution in [2.24, 2.45) is 0 Å². The normalized spacial score (nSPS) is 11.6. The molecule has 0 saturated heterocycles. The maximum Gasteiger partial charge on any atom is 0.242 e. The molecule has 0 aliphatic rings. The van der Waals surface area contributed by atoms with E-state index < -0.39 is 6.04 Å². The first-order valence-corrected chi connectivity index (χ1v) is 14.8. The second kappa shape index (κ2) is 22.7. The van der Waals surface area contributed by atoms with Crippen LogP contribution in [-0.2, 0) is 20.9 Å². The van der Waals surface area contributed by atoms with Gasteiger partial charge in [-0.3, -0.25) is 19.4 Å². The van der Waals surface area contributed by atoms with Crippen molar-refractivity contribution in [1.29, 1.82) is 0 Å². The number of hydrogen-bond donors (Lipinski definition) is 3. The van der Waals surface area contributed by atoms with Crippen molar-refractivity contribution in [3.8, 4) is 0 Å². The van der Waals surface area contributed by atoms with E-state index in [0.29, 0.717) is 25.9 Å². The highest BCUT2D eigenvalue weighted by molar-refractivity contribution is 5.87. The predicted molar refractivity (Wildman–Crippen MR) is 151 cm³/mol. The molecular formula is C30H52N4O3. The molecule has 1 heterocycles. The molecule has 0 aliphatic heterocycles. The van der Waals surface area contributed by atoms with Gasteiger partial charge in [-0.1, -0.05) is 84.0 Å². The van der Waals surface area contributed by atoms with Gasteiger partial charge in [0.25, 0.3) is 0 Å². The molecule has 1 aromatic rings. The summed E-state index contributed by atoms with van der Waals surface area (Å²) in [6, 6.07) is 3.34. The van der Waals surface area contributed by atoms with Crippen molar-refractivity contribution in [1.82, 2.24) is 20.9 Å². The van der Waals surface area contributed by atoms with Gasteiger partial charge in [-0.2, -0.15) is 0 Å². The molecule has 210 valence electrons. The summed E-state index contributed by atoms with van der Waals surface area (Å²) in [6.45, 7) is 5.19.